The molecule has 4 heteroatoms. The molecule has 0 aromatic carbocycles. The van der Waals surface area contributed by atoms with Gasteiger partial charge >= 0.3 is 91.2 Å². The van der Waals surface area contributed by atoms with Gasteiger partial charge in [0.1, 0.15) is 0 Å². The van der Waals surface area contributed by atoms with Crippen molar-refractivity contribution >= 4 is 37.3 Å². The summed E-state index contributed by atoms with van der Waals surface area (Å²) in [5, 5.41) is 0. The summed E-state index contributed by atoms with van der Waals surface area (Å²) in [5.74, 6) is 0. The maximum absolute atomic E-state index is 10.6. The zero-order valence-electron chi connectivity index (χ0n) is 8.62. The molecule has 0 aromatic heterocycles. The molecule has 0 saturated carbocycles. The van der Waals surface area contributed by atoms with Crippen molar-refractivity contribution in [1.29, 1.82) is 0 Å². The molecular weight excluding hydrogens is 289 g/mol. The van der Waals surface area contributed by atoms with Crippen molar-refractivity contribution in [3.63, 3.8) is 0 Å². The van der Waals surface area contributed by atoms with Gasteiger partial charge in [0.2, 0.25) is 0 Å². The topological polar surface area (TPSA) is 43.1 Å². The van der Waals surface area contributed by atoms with Gasteiger partial charge in [0.05, 0.1) is 0 Å². The fourth-order valence-corrected chi connectivity index (χ4v) is 12.7. The Bertz CT molecular complexity index is 149. The Kier molecular flexibility index (Phi) is 7.55. The summed E-state index contributed by atoms with van der Waals surface area (Å²) in [5.41, 5.74) is 5.73. The van der Waals surface area contributed by atoms with Crippen LogP contribution in [-0.2, 0) is 4.79 Å². The van der Waals surface area contributed by atoms with Crippen molar-refractivity contribution in [1.82, 2.24) is 0 Å². The first kappa shape index (κ1) is 13.8. The first-order chi connectivity index (χ1) is 6.10. The van der Waals surface area contributed by atoms with Gasteiger partial charge in [0.15, 0.2) is 0 Å². The standard InChI is InChI=1S/C4H10N.C2H3O.C2H5.CH3S.Sn/c1-3-4(2)5;1-2-3;2*1-2;/h4H,1,3,5H2,2H3;2H,1H2;1H2,2H3;2H,1H2;. The third-order valence-corrected chi connectivity index (χ3v) is 20.2. The molecule has 2 N–H and O–H groups in total. The summed E-state index contributed by atoms with van der Waals surface area (Å²) in [4.78, 5) is 10.6. The van der Waals surface area contributed by atoms with Gasteiger partial charge < -0.3 is 0 Å². The van der Waals surface area contributed by atoms with E-state index < -0.39 is 18.4 Å². The molecule has 78 valence electrons. The summed E-state index contributed by atoms with van der Waals surface area (Å²) in [7, 11) is 0. The van der Waals surface area contributed by atoms with Crippen LogP contribution in [0.25, 0.3) is 0 Å². The van der Waals surface area contributed by atoms with Crippen molar-refractivity contribution in [3.05, 3.63) is 0 Å². The summed E-state index contributed by atoms with van der Waals surface area (Å²) < 4.78 is 4.23. The van der Waals surface area contributed by atoms with E-state index in [-0.39, 0.29) is 6.04 Å². The zero-order chi connectivity index (χ0) is 10.3. The Balaban J connectivity index is 4.11. The second kappa shape index (κ2) is 7.12. The van der Waals surface area contributed by atoms with Crippen LogP contribution in [0, 0.1) is 0 Å². The molecule has 0 aromatic rings. The number of nitrogens with two attached hydrogens (primary N) is 1. The Morgan fingerprint density at radius 3 is 2.54 bits per heavy atom. The quantitative estimate of drug-likeness (QED) is 0.428. The van der Waals surface area contributed by atoms with E-state index >= 15 is 0 Å². The SMILES string of the molecule is C[CH2][Sn]([CH2]S)([CH2]C=O)[CH2]CC(C)N. The molecule has 0 aliphatic heterocycles. The molecule has 0 spiro atoms. The van der Waals surface area contributed by atoms with Gasteiger partial charge in [-0.05, 0) is 0 Å². The van der Waals surface area contributed by atoms with Gasteiger partial charge in [-0.25, -0.2) is 0 Å². The van der Waals surface area contributed by atoms with Crippen LogP contribution in [0.1, 0.15) is 20.3 Å². The molecule has 0 bridgehead atoms. The van der Waals surface area contributed by atoms with E-state index in [1.807, 2.05) is 6.92 Å². The van der Waals surface area contributed by atoms with Gasteiger partial charge in [-0.3, -0.25) is 0 Å². The molecule has 0 fully saturated rings. The number of carbonyl (C=O) groups excluding carboxylic acids is 1. The number of carbonyl (C=O) groups is 1. The summed E-state index contributed by atoms with van der Waals surface area (Å²) in [6.07, 6.45) is 2.16. The fraction of sp³-hybridized carbons (Fsp3) is 0.889. The van der Waals surface area contributed by atoms with Crippen LogP contribution in [0.4, 0.5) is 0 Å². The predicted octanol–water partition coefficient (Wildman–Crippen LogP) is 1.86. The molecule has 0 aliphatic rings. The Hall–Kier alpha value is 0.779. The molecule has 13 heavy (non-hydrogen) atoms. The van der Waals surface area contributed by atoms with Crippen molar-refractivity contribution < 1.29 is 4.79 Å². The monoisotopic (exact) mass is 311 g/mol. The van der Waals surface area contributed by atoms with Crippen LogP contribution in [0.5, 0.6) is 0 Å². The van der Waals surface area contributed by atoms with Gasteiger partial charge in [-0.2, -0.15) is 0 Å². The Morgan fingerprint density at radius 2 is 2.23 bits per heavy atom. The average molecular weight is 310 g/mol. The molecule has 2 atom stereocenters. The molecular formula is C9H21NOSSn. The average Bonchev–Trinajstić information content (AvgIpc) is 2.12. The van der Waals surface area contributed by atoms with Crippen molar-refractivity contribution in [3.8, 4) is 0 Å². The van der Waals surface area contributed by atoms with Crippen molar-refractivity contribution in [2.45, 2.75) is 39.6 Å². The second-order valence-electron chi connectivity index (χ2n) is 3.90. The molecule has 0 aliphatic carbocycles. The number of hydrogen-bond acceptors (Lipinski definition) is 3. The van der Waals surface area contributed by atoms with E-state index in [1.165, 1.54) is 8.87 Å². The van der Waals surface area contributed by atoms with E-state index in [4.69, 9.17) is 5.73 Å². The number of rotatable bonds is 7. The summed E-state index contributed by atoms with van der Waals surface area (Å²) >= 11 is 2.27. The Labute approximate surface area is 90.9 Å². The minimum atomic E-state index is -2.14. The zero-order valence-corrected chi connectivity index (χ0v) is 12.4. The molecule has 0 heterocycles. The summed E-state index contributed by atoms with van der Waals surface area (Å²) in [6.45, 7) is 4.24. The fourth-order valence-electron chi connectivity index (χ4n) is 1.39. The molecule has 0 saturated heterocycles. The first-order valence-electron chi connectivity index (χ1n) is 4.90. The normalized spacial score (nSPS) is 17.8. The van der Waals surface area contributed by atoms with Crippen molar-refractivity contribution in [2.75, 3.05) is 3.77 Å². The number of hydrogen-bond donors (Lipinski definition) is 2. The molecule has 0 radical (unpaired) electrons. The third kappa shape index (κ3) is 5.27. The molecule has 0 amide bonds. The van der Waals surface area contributed by atoms with Crippen LogP contribution in [-0.4, -0.2) is 34.5 Å². The summed E-state index contributed by atoms with van der Waals surface area (Å²) in [6, 6.07) is 0.272. The maximum atomic E-state index is 10.6. The van der Waals surface area contributed by atoms with Crippen LogP contribution >= 0.6 is 12.6 Å². The second-order valence-corrected chi connectivity index (χ2v) is 20.1. The third-order valence-electron chi connectivity index (χ3n) is 2.73. The Morgan fingerprint density at radius 1 is 1.62 bits per heavy atom. The van der Waals surface area contributed by atoms with E-state index in [0.29, 0.717) is 0 Å². The van der Waals surface area contributed by atoms with Crippen LogP contribution in [0.3, 0.4) is 0 Å². The van der Waals surface area contributed by atoms with Gasteiger partial charge in [0.25, 0.3) is 0 Å². The molecule has 0 rings (SSSR count). The molecule has 2 unspecified atom stereocenters. The van der Waals surface area contributed by atoms with E-state index in [0.717, 1.165) is 20.9 Å². The van der Waals surface area contributed by atoms with Gasteiger partial charge in [0, 0.05) is 0 Å². The van der Waals surface area contributed by atoms with E-state index in [9.17, 15) is 4.79 Å². The number of thiol groups is 1. The van der Waals surface area contributed by atoms with Gasteiger partial charge in [-0.15, -0.1) is 0 Å². The number of aldehydes is 1. The van der Waals surface area contributed by atoms with E-state index in [2.05, 4.69) is 19.6 Å². The van der Waals surface area contributed by atoms with Crippen LogP contribution in [0.15, 0.2) is 0 Å². The van der Waals surface area contributed by atoms with Gasteiger partial charge in [-0.1, -0.05) is 0 Å². The first-order valence-corrected chi connectivity index (χ1v) is 13.6. The van der Waals surface area contributed by atoms with Crippen LogP contribution < -0.4 is 5.73 Å². The van der Waals surface area contributed by atoms with Crippen molar-refractivity contribution in [2.24, 2.45) is 5.73 Å². The van der Waals surface area contributed by atoms with Crippen LogP contribution in [0.2, 0.25) is 13.3 Å². The molecule has 2 nitrogen and oxygen atoms in total. The minimum absolute atomic E-state index is 0.272. The predicted molar refractivity (Wildman–Crippen MR) is 64.0 cm³/mol. The van der Waals surface area contributed by atoms with E-state index in [1.54, 1.807) is 0 Å².